The number of nitrogens with one attached hydrogen (secondary N) is 1. The third kappa shape index (κ3) is 3.57. The van der Waals surface area contributed by atoms with E-state index in [0.717, 1.165) is 18.6 Å². The number of hydrogen-bond acceptors (Lipinski definition) is 3. The average molecular weight is 270 g/mol. The molecule has 0 radical (unpaired) electrons. The molecule has 20 heavy (non-hydrogen) atoms. The van der Waals surface area contributed by atoms with Gasteiger partial charge in [0.1, 0.15) is 5.76 Å². The van der Waals surface area contributed by atoms with Crippen molar-refractivity contribution in [2.45, 2.75) is 26.7 Å². The fourth-order valence-electron chi connectivity index (χ4n) is 1.89. The highest BCUT2D eigenvalue weighted by Crippen LogP contribution is 2.08. The van der Waals surface area contributed by atoms with Crippen LogP contribution in [0.3, 0.4) is 0 Å². The van der Waals surface area contributed by atoms with Gasteiger partial charge in [-0.05, 0) is 25.0 Å². The van der Waals surface area contributed by atoms with Crippen molar-refractivity contribution in [2.75, 3.05) is 0 Å². The molecule has 0 aliphatic carbocycles. The number of furan rings is 1. The highest BCUT2D eigenvalue weighted by molar-refractivity contribution is 5.96. The predicted octanol–water partition coefficient (Wildman–Crippen LogP) is 3.33. The molecule has 0 aliphatic heterocycles. The van der Waals surface area contributed by atoms with Gasteiger partial charge in [-0.15, -0.1) is 0 Å². The molecule has 2 rings (SSSR count). The maximum Gasteiger partial charge on any atom is 0.274 e. The third-order valence-electron chi connectivity index (χ3n) is 3.08. The Labute approximate surface area is 118 Å². The topological polar surface area (TPSA) is 54.6 Å². The summed E-state index contributed by atoms with van der Waals surface area (Å²) in [6, 6.07) is 11.7. The molecular weight excluding hydrogens is 252 g/mol. The Morgan fingerprint density at radius 3 is 2.60 bits per heavy atom. The van der Waals surface area contributed by atoms with Crippen LogP contribution in [0.15, 0.2) is 52.2 Å². The first-order valence-corrected chi connectivity index (χ1v) is 6.64. The van der Waals surface area contributed by atoms with Crippen LogP contribution in [0.4, 0.5) is 0 Å². The number of hydrogen-bond donors (Lipinski definition) is 1. The minimum Gasteiger partial charge on any atom is -0.469 e. The smallest absolute Gasteiger partial charge is 0.274 e. The Balaban J connectivity index is 2.01. The van der Waals surface area contributed by atoms with E-state index in [-0.39, 0.29) is 5.91 Å². The van der Waals surface area contributed by atoms with Crippen molar-refractivity contribution in [1.82, 2.24) is 5.43 Å². The van der Waals surface area contributed by atoms with Gasteiger partial charge >= 0.3 is 0 Å². The molecule has 1 heterocycles. The SMILES string of the molecule is CCC(Cc1ccccc1)=NNC(=O)c1ccoc1C. The van der Waals surface area contributed by atoms with E-state index in [1.165, 1.54) is 11.8 Å². The molecule has 1 aromatic carbocycles. The number of amides is 1. The lowest BCUT2D eigenvalue weighted by molar-refractivity contribution is 0.0953. The first-order chi connectivity index (χ1) is 9.70. The molecule has 4 nitrogen and oxygen atoms in total. The fourth-order valence-corrected chi connectivity index (χ4v) is 1.89. The van der Waals surface area contributed by atoms with Gasteiger partial charge in [0.05, 0.1) is 11.8 Å². The Kier molecular flexibility index (Phi) is 4.71. The lowest BCUT2D eigenvalue weighted by Crippen LogP contribution is -2.20. The van der Waals surface area contributed by atoms with Crippen LogP contribution in [-0.2, 0) is 6.42 Å². The Hall–Kier alpha value is -2.36. The average Bonchev–Trinajstić information content (AvgIpc) is 2.90. The second kappa shape index (κ2) is 6.70. The van der Waals surface area contributed by atoms with E-state index in [2.05, 4.69) is 10.5 Å². The normalized spacial score (nSPS) is 11.4. The van der Waals surface area contributed by atoms with E-state index in [1.807, 2.05) is 37.3 Å². The van der Waals surface area contributed by atoms with Gasteiger partial charge < -0.3 is 4.42 Å². The second-order valence-electron chi connectivity index (χ2n) is 4.53. The van der Waals surface area contributed by atoms with Crippen molar-refractivity contribution in [3.8, 4) is 0 Å². The van der Waals surface area contributed by atoms with Crippen molar-refractivity contribution in [1.29, 1.82) is 0 Å². The van der Waals surface area contributed by atoms with Gasteiger partial charge in [-0.3, -0.25) is 4.79 Å². The van der Waals surface area contributed by atoms with Crippen molar-refractivity contribution in [2.24, 2.45) is 5.10 Å². The fraction of sp³-hybridized carbons (Fsp3) is 0.250. The van der Waals surface area contributed by atoms with Crippen LogP contribution in [0.5, 0.6) is 0 Å². The predicted molar refractivity (Wildman–Crippen MR) is 78.8 cm³/mol. The lowest BCUT2D eigenvalue weighted by Gasteiger charge is -2.05. The van der Waals surface area contributed by atoms with E-state index in [9.17, 15) is 4.79 Å². The lowest BCUT2D eigenvalue weighted by atomic mass is 10.1. The largest absolute Gasteiger partial charge is 0.469 e. The zero-order valence-electron chi connectivity index (χ0n) is 11.7. The molecule has 0 saturated heterocycles. The van der Waals surface area contributed by atoms with E-state index < -0.39 is 0 Å². The molecule has 0 spiro atoms. The van der Waals surface area contributed by atoms with Crippen molar-refractivity contribution < 1.29 is 9.21 Å². The van der Waals surface area contributed by atoms with Gasteiger partial charge in [-0.25, -0.2) is 5.43 Å². The van der Waals surface area contributed by atoms with Crippen LogP contribution >= 0.6 is 0 Å². The van der Waals surface area contributed by atoms with Gasteiger partial charge in [-0.2, -0.15) is 5.10 Å². The molecule has 4 heteroatoms. The van der Waals surface area contributed by atoms with Crippen LogP contribution in [0, 0.1) is 6.92 Å². The number of carbonyl (C=O) groups is 1. The number of aryl methyl sites for hydroxylation is 1. The number of rotatable bonds is 5. The molecule has 0 aliphatic rings. The maximum absolute atomic E-state index is 11.9. The quantitative estimate of drug-likeness (QED) is 0.669. The van der Waals surface area contributed by atoms with Gasteiger partial charge in [0.15, 0.2) is 0 Å². The van der Waals surface area contributed by atoms with E-state index >= 15 is 0 Å². The van der Waals surface area contributed by atoms with E-state index in [1.54, 1.807) is 13.0 Å². The summed E-state index contributed by atoms with van der Waals surface area (Å²) in [7, 11) is 0. The Bertz CT molecular complexity index is 600. The van der Waals surface area contributed by atoms with E-state index in [4.69, 9.17) is 4.42 Å². The van der Waals surface area contributed by atoms with Gasteiger partial charge in [-0.1, -0.05) is 37.3 Å². The number of hydrazone groups is 1. The zero-order valence-corrected chi connectivity index (χ0v) is 11.7. The molecular formula is C16H18N2O2. The van der Waals surface area contributed by atoms with Crippen molar-refractivity contribution in [3.63, 3.8) is 0 Å². The molecule has 1 N–H and O–H groups in total. The summed E-state index contributed by atoms with van der Waals surface area (Å²) >= 11 is 0. The Morgan fingerprint density at radius 2 is 2.00 bits per heavy atom. The summed E-state index contributed by atoms with van der Waals surface area (Å²) in [5, 5.41) is 4.21. The zero-order chi connectivity index (χ0) is 14.4. The minimum atomic E-state index is -0.240. The first-order valence-electron chi connectivity index (χ1n) is 6.64. The standard InChI is InChI=1S/C16H18N2O2/c1-3-14(11-13-7-5-4-6-8-13)17-18-16(19)15-9-10-20-12(15)2/h4-10H,3,11H2,1-2H3,(H,18,19). The van der Waals surface area contributed by atoms with Crippen molar-refractivity contribution >= 4 is 11.6 Å². The molecule has 0 unspecified atom stereocenters. The Morgan fingerprint density at radius 1 is 1.25 bits per heavy atom. The molecule has 0 fully saturated rings. The maximum atomic E-state index is 11.9. The van der Waals surface area contributed by atoms with Gasteiger partial charge in [0.25, 0.3) is 5.91 Å². The molecule has 1 amide bonds. The highest BCUT2D eigenvalue weighted by atomic mass is 16.3. The number of benzene rings is 1. The van der Waals surface area contributed by atoms with Crippen LogP contribution in [0.1, 0.15) is 35.0 Å². The summed E-state index contributed by atoms with van der Waals surface area (Å²) in [4.78, 5) is 11.9. The summed E-state index contributed by atoms with van der Waals surface area (Å²) in [5.74, 6) is 0.356. The van der Waals surface area contributed by atoms with Crippen LogP contribution in [0.25, 0.3) is 0 Å². The third-order valence-corrected chi connectivity index (χ3v) is 3.08. The van der Waals surface area contributed by atoms with Gasteiger partial charge in [0.2, 0.25) is 0 Å². The monoisotopic (exact) mass is 270 g/mol. The summed E-state index contributed by atoms with van der Waals surface area (Å²) in [5.41, 5.74) is 5.22. The molecule has 0 saturated carbocycles. The van der Waals surface area contributed by atoms with Crippen LogP contribution < -0.4 is 5.43 Å². The molecule has 2 aromatic rings. The molecule has 104 valence electrons. The molecule has 1 aromatic heterocycles. The molecule has 0 atom stereocenters. The number of nitrogens with zero attached hydrogens (tertiary/aromatic N) is 1. The van der Waals surface area contributed by atoms with Gasteiger partial charge in [0, 0.05) is 12.1 Å². The van der Waals surface area contributed by atoms with E-state index in [0.29, 0.717) is 11.3 Å². The molecule has 0 bridgehead atoms. The summed E-state index contributed by atoms with van der Waals surface area (Å²) < 4.78 is 5.11. The highest BCUT2D eigenvalue weighted by Gasteiger charge is 2.10. The summed E-state index contributed by atoms with van der Waals surface area (Å²) in [6.07, 6.45) is 3.03. The second-order valence-corrected chi connectivity index (χ2v) is 4.53. The van der Waals surface area contributed by atoms with Crippen LogP contribution in [-0.4, -0.2) is 11.6 Å². The first kappa shape index (κ1) is 14.1. The van der Waals surface area contributed by atoms with Crippen LogP contribution in [0.2, 0.25) is 0 Å². The summed E-state index contributed by atoms with van der Waals surface area (Å²) in [6.45, 7) is 3.78. The minimum absolute atomic E-state index is 0.240. The number of carbonyl (C=O) groups excluding carboxylic acids is 1. The van der Waals surface area contributed by atoms with Crippen molar-refractivity contribution in [3.05, 3.63) is 59.5 Å².